The largest absolute Gasteiger partial charge is 0.305 e. The molecular weight excluding hydrogens is 281 g/mol. The third-order valence-electron chi connectivity index (χ3n) is 3.29. The van der Waals surface area contributed by atoms with E-state index in [0.717, 1.165) is 10.7 Å². The van der Waals surface area contributed by atoms with E-state index in [1.807, 2.05) is 0 Å². The highest BCUT2D eigenvalue weighted by Crippen LogP contribution is 2.20. The zero-order valence-electron chi connectivity index (χ0n) is 11.3. The van der Waals surface area contributed by atoms with Gasteiger partial charge in [0.1, 0.15) is 0 Å². The van der Waals surface area contributed by atoms with Gasteiger partial charge in [-0.15, -0.1) is 0 Å². The minimum Gasteiger partial charge on any atom is -0.268 e. The lowest BCUT2D eigenvalue weighted by Crippen LogP contribution is -2.33. The maximum Gasteiger partial charge on any atom is 0.305 e. The Labute approximate surface area is 117 Å². The molecule has 1 aromatic heterocycles. The van der Waals surface area contributed by atoms with E-state index in [0.29, 0.717) is 0 Å². The molecule has 0 fully saturated rings. The van der Waals surface area contributed by atoms with Crippen LogP contribution in [-0.2, 0) is 6.54 Å². The minimum absolute atomic E-state index is 0.0507. The number of nitrogens with one attached hydrogen (secondary N) is 1. The Morgan fingerprint density at radius 3 is 2.57 bits per heavy atom. The number of halogens is 1. The third-order valence-corrected chi connectivity index (χ3v) is 3.29. The molecule has 1 aromatic carbocycles. The first kappa shape index (κ1) is 14.6. The van der Waals surface area contributed by atoms with E-state index in [1.165, 1.54) is 26.0 Å². The van der Waals surface area contributed by atoms with Crippen LogP contribution in [0, 0.1) is 29.8 Å². The van der Waals surface area contributed by atoms with Gasteiger partial charge >= 0.3 is 5.69 Å². The van der Waals surface area contributed by atoms with Crippen molar-refractivity contribution in [2.75, 3.05) is 0 Å². The molecule has 8 heteroatoms. The van der Waals surface area contributed by atoms with Crippen molar-refractivity contribution in [1.29, 1.82) is 0 Å². The molecule has 110 valence electrons. The second-order valence-electron chi connectivity index (χ2n) is 4.59. The summed E-state index contributed by atoms with van der Waals surface area (Å²) in [5.41, 5.74) is -1.12. The van der Waals surface area contributed by atoms with Gasteiger partial charge in [0.05, 0.1) is 11.5 Å². The van der Waals surface area contributed by atoms with Crippen LogP contribution in [-0.4, -0.2) is 14.7 Å². The lowest BCUT2D eigenvalue weighted by atomic mass is 10.1. The van der Waals surface area contributed by atoms with Gasteiger partial charge in [0, 0.05) is 22.8 Å². The Hall–Kier alpha value is -2.77. The first-order chi connectivity index (χ1) is 9.82. The molecule has 0 saturated carbocycles. The molecule has 0 unspecified atom stereocenters. The number of nitro groups is 1. The Kier molecular flexibility index (Phi) is 3.70. The van der Waals surface area contributed by atoms with Crippen molar-refractivity contribution in [3.05, 3.63) is 71.5 Å². The van der Waals surface area contributed by atoms with Crippen LogP contribution in [0.15, 0.2) is 27.8 Å². The van der Waals surface area contributed by atoms with E-state index in [2.05, 4.69) is 5.10 Å². The van der Waals surface area contributed by atoms with E-state index >= 15 is 0 Å². The molecule has 0 aliphatic carbocycles. The number of nitrogens with zero attached hydrogens (tertiary/aromatic N) is 2. The molecule has 21 heavy (non-hydrogen) atoms. The van der Waals surface area contributed by atoms with Gasteiger partial charge in [0.15, 0.2) is 0 Å². The number of benzene rings is 1. The van der Waals surface area contributed by atoms with Gasteiger partial charge in [-0.2, -0.15) is 4.39 Å². The van der Waals surface area contributed by atoms with E-state index < -0.39 is 27.5 Å². The fraction of sp³-hybridized carbons (Fsp3) is 0.231. The highest BCUT2D eigenvalue weighted by molar-refractivity contribution is 5.36. The minimum atomic E-state index is -1.02. The molecule has 0 amide bonds. The van der Waals surface area contributed by atoms with Gasteiger partial charge in [-0.25, -0.2) is 4.68 Å². The van der Waals surface area contributed by atoms with Crippen LogP contribution < -0.4 is 11.1 Å². The van der Waals surface area contributed by atoms with Crippen LogP contribution in [0.4, 0.5) is 10.1 Å². The highest BCUT2D eigenvalue weighted by atomic mass is 19.1. The number of hydrogen-bond donors (Lipinski definition) is 1. The third kappa shape index (κ3) is 2.60. The fourth-order valence-electron chi connectivity index (χ4n) is 1.90. The van der Waals surface area contributed by atoms with Gasteiger partial charge in [0.2, 0.25) is 5.82 Å². The Morgan fingerprint density at radius 2 is 1.95 bits per heavy atom. The molecule has 0 bridgehead atoms. The Balaban J connectivity index is 2.54. The van der Waals surface area contributed by atoms with E-state index in [1.54, 1.807) is 0 Å². The van der Waals surface area contributed by atoms with Crippen molar-refractivity contribution < 1.29 is 9.31 Å². The molecule has 0 atom stereocenters. The summed E-state index contributed by atoms with van der Waals surface area (Å²) in [5, 5.41) is 13.0. The predicted octanol–water partition coefficient (Wildman–Crippen LogP) is 1.25. The van der Waals surface area contributed by atoms with Crippen LogP contribution >= 0.6 is 0 Å². The molecular formula is C13H12FN3O4. The average molecular weight is 293 g/mol. The molecule has 2 aromatic rings. The molecule has 2 rings (SSSR count). The summed E-state index contributed by atoms with van der Waals surface area (Å²) < 4.78 is 14.9. The monoisotopic (exact) mass is 293 g/mol. The van der Waals surface area contributed by atoms with Crippen molar-refractivity contribution in [2.24, 2.45) is 0 Å². The van der Waals surface area contributed by atoms with E-state index in [9.17, 15) is 24.1 Å². The smallest absolute Gasteiger partial charge is 0.268 e. The molecule has 0 aliphatic rings. The number of hydrogen-bond acceptors (Lipinski definition) is 4. The molecule has 1 N–H and O–H groups in total. The summed E-state index contributed by atoms with van der Waals surface area (Å²) in [6.07, 6.45) is 0. The lowest BCUT2D eigenvalue weighted by molar-refractivity contribution is -0.387. The molecule has 0 spiro atoms. The average Bonchev–Trinajstić information content (AvgIpc) is 2.44. The molecule has 1 heterocycles. The highest BCUT2D eigenvalue weighted by Gasteiger charge is 2.18. The van der Waals surface area contributed by atoms with Crippen molar-refractivity contribution in [1.82, 2.24) is 9.78 Å². The summed E-state index contributed by atoms with van der Waals surface area (Å²) in [5.74, 6) is -1.02. The second-order valence-corrected chi connectivity index (χ2v) is 4.59. The van der Waals surface area contributed by atoms with Crippen molar-refractivity contribution in [2.45, 2.75) is 20.4 Å². The van der Waals surface area contributed by atoms with Crippen LogP contribution in [0.25, 0.3) is 0 Å². The quantitative estimate of drug-likeness (QED) is 0.680. The molecule has 7 nitrogen and oxygen atoms in total. The Morgan fingerprint density at radius 1 is 1.29 bits per heavy atom. The van der Waals surface area contributed by atoms with Crippen LogP contribution in [0.2, 0.25) is 0 Å². The van der Waals surface area contributed by atoms with Gasteiger partial charge in [-0.3, -0.25) is 24.8 Å². The topological polar surface area (TPSA) is 98.0 Å². The molecule has 0 saturated heterocycles. The van der Waals surface area contributed by atoms with E-state index in [-0.39, 0.29) is 23.2 Å². The Bertz CT molecular complexity index is 838. The first-order valence-corrected chi connectivity index (χ1v) is 6.05. The summed E-state index contributed by atoms with van der Waals surface area (Å²) in [6.45, 7) is 2.71. The standard InChI is InChI=1S/C13H12FN3O4/c1-7-8(2)13(19)16(15-12(7)18)6-9-4-3-5-10(11(9)14)17(20)21/h3-5H,6H2,1-2H3,(H,15,18). The van der Waals surface area contributed by atoms with Crippen molar-refractivity contribution >= 4 is 5.69 Å². The van der Waals surface area contributed by atoms with Crippen molar-refractivity contribution in [3.8, 4) is 0 Å². The summed E-state index contributed by atoms with van der Waals surface area (Å²) in [7, 11) is 0. The molecule has 0 radical (unpaired) electrons. The number of nitro benzene ring substituents is 1. The maximum atomic E-state index is 14.0. The second kappa shape index (κ2) is 5.31. The summed E-state index contributed by atoms with van der Waals surface area (Å²) in [6, 6.07) is 3.67. The molecule has 0 aliphatic heterocycles. The van der Waals surface area contributed by atoms with Crippen LogP contribution in [0.3, 0.4) is 0 Å². The van der Waals surface area contributed by atoms with Gasteiger partial charge in [0.25, 0.3) is 11.1 Å². The zero-order chi connectivity index (χ0) is 15.7. The maximum absolute atomic E-state index is 14.0. The predicted molar refractivity (Wildman–Crippen MR) is 73.0 cm³/mol. The lowest BCUT2D eigenvalue weighted by Gasteiger charge is -2.09. The number of aromatic amines is 1. The zero-order valence-corrected chi connectivity index (χ0v) is 11.3. The SMILES string of the molecule is Cc1c(C)c(=O)n(Cc2cccc([N+](=O)[O-])c2F)[nH]c1=O. The summed E-state index contributed by atoms with van der Waals surface area (Å²) in [4.78, 5) is 33.5. The fourth-order valence-corrected chi connectivity index (χ4v) is 1.90. The van der Waals surface area contributed by atoms with Gasteiger partial charge in [-0.05, 0) is 13.8 Å². The number of aromatic nitrogens is 2. The normalized spacial score (nSPS) is 10.6. The summed E-state index contributed by atoms with van der Waals surface area (Å²) >= 11 is 0. The number of rotatable bonds is 3. The van der Waals surface area contributed by atoms with Crippen molar-refractivity contribution in [3.63, 3.8) is 0 Å². The van der Waals surface area contributed by atoms with Gasteiger partial charge in [-0.1, -0.05) is 12.1 Å². The van der Waals surface area contributed by atoms with E-state index in [4.69, 9.17) is 0 Å². The number of H-pyrrole nitrogens is 1. The van der Waals surface area contributed by atoms with Gasteiger partial charge < -0.3 is 0 Å². The first-order valence-electron chi connectivity index (χ1n) is 6.05. The van der Waals surface area contributed by atoms with Crippen LogP contribution in [0.1, 0.15) is 16.7 Å². The van der Waals surface area contributed by atoms with Crippen LogP contribution in [0.5, 0.6) is 0 Å².